The van der Waals surface area contributed by atoms with Gasteiger partial charge in [0.25, 0.3) is 0 Å². The molecular formula is C23H27N3O11. The molecule has 3 rings (SSSR count). The minimum Gasteiger partial charge on any atom is -0.497 e. The van der Waals surface area contributed by atoms with Crippen LogP contribution in [-0.2, 0) is 42.9 Å². The number of carbonyl (C=O) groups is 4. The number of benzene rings is 1. The van der Waals surface area contributed by atoms with Gasteiger partial charge in [-0.1, -0.05) is 5.10 Å². The number of anilines is 1. The van der Waals surface area contributed by atoms with E-state index in [2.05, 4.69) is 15.5 Å². The molecule has 0 saturated carbocycles. The molecule has 0 aliphatic carbocycles. The summed E-state index contributed by atoms with van der Waals surface area (Å²) in [6, 6.07) is 6.74. The average molecular weight is 521 g/mol. The number of hydrogen-bond donors (Lipinski definition) is 1. The monoisotopic (exact) mass is 521 g/mol. The van der Waals surface area contributed by atoms with Crippen molar-refractivity contribution in [3.63, 3.8) is 0 Å². The number of ether oxygens (including phenoxy) is 6. The van der Waals surface area contributed by atoms with E-state index in [4.69, 9.17) is 32.8 Å². The first kappa shape index (κ1) is 27.4. The molecule has 37 heavy (non-hydrogen) atoms. The Morgan fingerprint density at radius 1 is 0.838 bits per heavy atom. The van der Waals surface area contributed by atoms with Crippen LogP contribution in [0.1, 0.15) is 27.7 Å². The van der Waals surface area contributed by atoms with Crippen molar-refractivity contribution >= 4 is 29.9 Å². The van der Waals surface area contributed by atoms with Gasteiger partial charge in [-0.25, -0.2) is 0 Å². The normalized spacial score (nSPS) is 22.9. The molecule has 0 unspecified atom stereocenters. The molecule has 0 amide bonds. The van der Waals surface area contributed by atoms with Crippen LogP contribution < -0.4 is 10.1 Å². The quantitative estimate of drug-likeness (QED) is 0.368. The zero-order valence-electron chi connectivity index (χ0n) is 20.8. The van der Waals surface area contributed by atoms with Crippen molar-refractivity contribution in [1.29, 1.82) is 0 Å². The molecule has 0 bridgehead atoms. The second-order valence-electron chi connectivity index (χ2n) is 7.91. The van der Waals surface area contributed by atoms with Gasteiger partial charge in [0.2, 0.25) is 5.89 Å². The highest BCUT2D eigenvalue weighted by molar-refractivity contribution is 5.69. The van der Waals surface area contributed by atoms with Crippen LogP contribution in [0, 0.1) is 0 Å². The first-order valence-electron chi connectivity index (χ1n) is 11.1. The van der Waals surface area contributed by atoms with Gasteiger partial charge in [-0.2, -0.15) is 0 Å². The SMILES string of the molecule is COc1ccc(-c2nnc(N[C@@H]3O[C@H](COC(C)=O)[C@H](OC(C)=O)[C@@H](OC(C)=O)[C@@H]3OC(C)=O)o2)cc1. The molecule has 1 aliphatic heterocycles. The molecule has 0 spiro atoms. The highest BCUT2D eigenvalue weighted by Crippen LogP contribution is 2.31. The summed E-state index contributed by atoms with van der Waals surface area (Å²) in [5.74, 6) is -2.03. The Morgan fingerprint density at radius 3 is 2.00 bits per heavy atom. The fourth-order valence-corrected chi connectivity index (χ4v) is 3.60. The highest BCUT2D eigenvalue weighted by atomic mass is 16.7. The summed E-state index contributed by atoms with van der Waals surface area (Å²) < 4.78 is 37.9. The average Bonchev–Trinajstić information content (AvgIpc) is 3.29. The van der Waals surface area contributed by atoms with Crippen molar-refractivity contribution in [2.24, 2.45) is 0 Å². The zero-order valence-corrected chi connectivity index (χ0v) is 20.8. The van der Waals surface area contributed by atoms with E-state index in [1.807, 2.05) is 0 Å². The molecule has 14 nitrogen and oxygen atoms in total. The van der Waals surface area contributed by atoms with Crippen LogP contribution in [0.25, 0.3) is 11.5 Å². The first-order valence-corrected chi connectivity index (χ1v) is 11.1. The third-order valence-corrected chi connectivity index (χ3v) is 5.02. The van der Waals surface area contributed by atoms with Crippen LogP contribution in [0.2, 0.25) is 0 Å². The number of rotatable bonds is 9. The van der Waals surface area contributed by atoms with Crippen LogP contribution in [0.15, 0.2) is 28.7 Å². The van der Waals surface area contributed by atoms with E-state index in [1.54, 1.807) is 24.3 Å². The van der Waals surface area contributed by atoms with Crippen LogP contribution in [-0.4, -0.2) is 78.4 Å². The summed E-state index contributed by atoms with van der Waals surface area (Å²) in [4.78, 5) is 47.1. The molecule has 0 radical (unpaired) electrons. The van der Waals surface area contributed by atoms with Gasteiger partial charge in [-0.05, 0) is 24.3 Å². The Labute approximate surface area is 211 Å². The van der Waals surface area contributed by atoms with Crippen molar-refractivity contribution in [2.45, 2.75) is 58.3 Å². The molecule has 1 fully saturated rings. The fourth-order valence-electron chi connectivity index (χ4n) is 3.60. The summed E-state index contributed by atoms with van der Waals surface area (Å²) in [5.41, 5.74) is 0.600. The number of hydrogen-bond acceptors (Lipinski definition) is 14. The predicted octanol–water partition coefficient (Wildman–Crippen LogP) is 1.24. The molecule has 14 heteroatoms. The minimum absolute atomic E-state index is 0.119. The van der Waals surface area contributed by atoms with E-state index in [0.717, 1.165) is 20.8 Å². The Balaban J connectivity index is 1.92. The molecule has 1 N–H and O–H groups in total. The molecule has 1 aliphatic rings. The lowest BCUT2D eigenvalue weighted by molar-refractivity contribution is -0.247. The van der Waals surface area contributed by atoms with Gasteiger partial charge in [-0.15, -0.1) is 5.10 Å². The van der Waals surface area contributed by atoms with Crippen LogP contribution in [0.4, 0.5) is 6.01 Å². The number of methoxy groups -OCH3 is 1. The van der Waals surface area contributed by atoms with Crippen LogP contribution >= 0.6 is 0 Å². The van der Waals surface area contributed by atoms with E-state index in [0.29, 0.717) is 11.3 Å². The number of nitrogens with zero attached hydrogens (tertiary/aromatic N) is 2. The van der Waals surface area contributed by atoms with Gasteiger partial charge < -0.3 is 38.2 Å². The fraction of sp³-hybridized carbons (Fsp3) is 0.478. The molecule has 2 aromatic rings. The molecule has 5 atom stereocenters. The first-order chi connectivity index (χ1) is 17.6. The van der Waals surface area contributed by atoms with Gasteiger partial charge in [0.05, 0.1) is 7.11 Å². The van der Waals surface area contributed by atoms with E-state index >= 15 is 0 Å². The van der Waals surface area contributed by atoms with Crippen LogP contribution in [0.3, 0.4) is 0 Å². The molecule has 1 aromatic carbocycles. The molecular weight excluding hydrogens is 494 g/mol. The molecule has 1 aromatic heterocycles. The smallest absolute Gasteiger partial charge is 0.317 e. The van der Waals surface area contributed by atoms with Crippen molar-refractivity contribution in [1.82, 2.24) is 10.2 Å². The van der Waals surface area contributed by atoms with Crippen LogP contribution in [0.5, 0.6) is 5.75 Å². The third kappa shape index (κ3) is 7.39. The maximum atomic E-state index is 11.9. The second-order valence-corrected chi connectivity index (χ2v) is 7.91. The van der Waals surface area contributed by atoms with E-state index in [1.165, 1.54) is 14.0 Å². The van der Waals surface area contributed by atoms with Crippen molar-refractivity contribution in [3.8, 4) is 17.2 Å². The summed E-state index contributed by atoms with van der Waals surface area (Å²) in [5, 5.41) is 10.7. The topological polar surface area (TPSA) is 175 Å². The van der Waals surface area contributed by atoms with Gasteiger partial charge >= 0.3 is 29.9 Å². The standard InChI is InChI=1S/C23H27N3O11/c1-11(27)32-10-17-18(33-12(2)28)19(34-13(3)29)20(35-14(4)30)22(36-17)24-23-26-25-21(37-23)15-6-8-16(31-5)9-7-15/h6-9,17-20,22H,10H2,1-5H3,(H,24,26)/t17-,18+,19-,20+,22-/m1/s1. The van der Waals surface area contributed by atoms with Gasteiger partial charge in [0.15, 0.2) is 24.5 Å². The van der Waals surface area contributed by atoms with E-state index in [-0.39, 0.29) is 18.5 Å². The Kier molecular flexibility index (Phi) is 9.00. The minimum atomic E-state index is -1.33. The van der Waals surface area contributed by atoms with Gasteiger partial charge in [0.1, 0.15) is 18.5 Å². The van der Waals surface area contributed by atoms with E-state index in [9.17, 15) is 19.2 Å². The zero-order chi connectivity index (χ0) is 27.1. The largest absolute Gasteiger partial charge is 0.497 e. The number of aromatic nitrogens is 2. The lowest BCUT2D eigenvalue weighted by atomic mass is 9.97. The number of nitrogens with one attached hydrogen (secondary N) is 1. The maximum Gasteiger partial charge on any atom is 0.317 e. The van der Waals surface area contributed by atoms with Crippen molar-refractivity contribution < 1.29 is 52.0 Å². The molecule has 200 valence electrons. The summed E-state index contributed by atoms with van der Waals surface area (Å²) in [7, 11) is 1.54. The highest BCUT2D eigenvalue weighted by Gasteiger charge is 2.52. The number of esters is 4. The summed E-state index contributed by atoms with van der Waals surface area (Å²) >= 11 is 0. The third-order valence-electron chi connectivity index (χ3n) is 5.02. The van der Waals surface area contributed by atoms with Crippen molar-refractivity contribution in [3.05, 3.63) is 24.3 Å². The lowest BCUT2D eigenvalue weighted by Crippen LogP contribution is -2.64. The van der Waals surface area contributed by atoms with Crippen molar-refractivity contribution in [2.75, 3.05) is 19.0 Å². The number of carbonyl (C=O) groups excluding carboxylic acids is 4. The summed E-state index contributed by atoms with van der Waals surface area (Å²) in [6.07, 6.45) is -6.30. The maximum absolute atomic E-state index is 11.9. The molecule has 1 saturated heterocycles. The Hall–Kier alpha value is -4.20. The lowest BCUT2D eigenvalue weighted by Gasteiger charge is -2.44. The Morgan fingerprint density at radius 2 is 1.43 bits per heavy atom. The Bertz CT molecular complexity index is 1120. The predicted molar refractivity (Wildman–Crippen MR) is 122 cm³/mol. The molecule has 2 heterocycles. The van der Waals surface area contributed by atoms with E-state index < -0.39 is 54.5 Å². The summed E-state index contributed by atoms with van der Waals surface area (Å²) in [6.45, 7) is 4.23. The second kappa shape index (κ2) is 12.2. The van der Waals surface area contributed by atoms with Gasteiger partial charge in [0, 0.05) is 33.3 Å². The van der Waals surface area contributed by atoms with Gasteiger partial charge in [-0.3, -0.25) is 19.2 Å².